The average Bonchev–Trinajstić information content (AvgIpc) is 2.43. The van der Waals surface area contributed by atoms with E-state index in [0.29, 0.717) is 0 Å². The molecule has 1 rings (SSSR count). The summed E-state index contributed by atoms with van der Waals surface area (Å²) in [5, 5.41) is 9.12. The Kier molecular flexibility index (Phi) is 6.34. The van der Waals surface area contributed by atoms with Gasteiger partial charge in [0.2, 0.25) is 0 Å². The van der Waals surface area contributed by atoms with Gasteiger partial charge in [0, 0.05) is 26.7 Å². The molecule has 1 heterocycles. The number of aliphatic hydroxyl groups excluding tert-OH is 1. The highest BCUT2D eigenvalue weighted by Gasteiger charge is 2.34. The van der Waals surface area contributed by atoms with Crippen LogP contribution < -0.4 is 0 Å². The van der Waals surface area contributed by atoms with Gasteiger partial charge < -0.3 is 14.6 Å². The third-order valence-corrected chi connectivity index (χ3v) is 5.00. The SMILES string of the molecule is COC(=O)CCN(C)S(=O)(=O)N1CC(C)OC(CO)C1. The van der Waals surface area contributed by atoms with Crippen molar-refractivity contribution in [2.75, 3.05) is 40.4 Å². The molecule has 0 aromatic rings. The van der Waals surface area contributed by atoms with E-state index in [1.165, 1.54) is 18.5 Å². The molecule has 1 N–H and O–H groups in total. The molecule has 0 aromatic carbocycles. The highest BCUT2D eigenvalue weighted by molar-refractivity contribution is 7.86. The third-order valence-electron chi connectivity index (χ3n) is 3.08. The number of esters is 1. The smallest absolute Gasteiger partial charge is 0.306 e. The summed E-state index contributed by atoms with van der Waals surface area (Å²) in [6, 6.07) is 0. The molecule has 1 aliphatic rings. The summed E-state index contributed by atoms with van der Waals surface area (Å²) < 4.78 is 37.0. The minimum absolute atomic E-state index is 0.00441. The Morgan fingerprint density at radius 2 is 2.15 bits per heavy atom. The molecule has 0 bridgehead atoms. The maximum absolute atomic E-state index is 12.4. The van der Waals surface area contributed by atoms with Gasteiger partial charge in [-0.3, -0.25) is 4.79 Å². The summed E-state index contributed by atoms with van der Waals surface area (Å²) in [5.74, 6) is -0.462. The van der Waals surface area contributed by atoms with Crippen LogP contribution in [0.15, 0.2) is 0 Å². The number of nitrogens with zero attached hydrogens (tertiary/aromatic N) is 2. The molecule has 0 radical (unpaired) electrons. The Balaban J connectivity index is 2.68. The van der Waals surface area contributed by atoms with Crippen molar-refractivity contribution in [3.05, 3.63) is 0 Å². The molecular formula is C11H22N2O6S. The number of aliphatic hydroxyl groups is 1. The van der Waals surface area contributed by atoms with Gasteiger partial charge in [0.1, 0.15) is 0 Å². The van der Waals surface area contributed by atoms with Crippen molar-refractivity contribution in [1.82, 2.24) is 8.61 Å². The third kappa shape index (κ3) is 4.38. The number of methoxy groups -OCH3 is 1. The number of carbonyl (C=O) groups is 1. The minimum Gasteiger partial charge on any atom is -0.469 e. The van der Waals surface area contributed by atoms with Crippen LogP contribution in [0.5, 0.6) is 0 Å². The zero-order valence-electron chi connectivity index (χ0n) is 12.0. The van der Waals surface area contributed by atoms with Crippen molar-refractivity contribution in [1.29, 1.82) is 0 Å². The van der Waals surface area contributed by atoms with Crippen LogP contribution in [-0.4, -0.2) is 80.7 Å². The van der Waals surface area contributed by atoms with Gasteiger partial charge in [0.15, 0.2) is 0 Å². The van der Waals surface area contributed by atoms with Gasteiger partial charge in [0.25, 0.3) is 10.2 Å². The minimum atomic E-state index is -3.67. The number of rotatable bonds is 6. The lowest BCUT2D eigenvalue weighted by Gasteiger charge is -2.37. The van der Waals surface area contributed by atoms with Crippen LogP contribution in [0.2, 0.25) is 0 Å². The zero-order chi connectivity index (χ0) is 15.3. The van der Waals surface area contributed by atoms with Crippen molar-refractivity contribution in [2.24, 2.45) is 0 Å². The molecule has 0 amide bonds. The fourth-order valence-corrected chi connectivity index (χ4v) is 3.42. The lowest BCUT2D eigenvalue weighted by molar-refractivity contribution is -0.140. The van der Waals surface area contributed by atoms with Crippen molar-refractivity contribution in [3.8, 4) is 0 Å². The summed E-state index contributed by atoms with van der Waals surface area (Å²) in [7, 11) is -1.01. The predicted molar refractivity (Wildman–Crippen MR) is 71.2 cm³/mol. The number of carbonyl (C=O) groups excluding carboxylic acids is 1. The summed E-state index contributed by atoms with van der Waals surface area (Å²) in [5.41, 5.74) is 0. The quantitative estimate of drug-likeness (QED) is 0.620. The molecule has 0 aliphatic carbocycles. The van der Waals surface area contributed by atoms with Crippen LogP contribution in [0.25, 0.3) is 0 Å². The molecular weight excluding hydrogens is 288 g/mol. The summed E-state index contributed by atoms with van der Waals surface area (Å²) in [6.07, 6.45) is -0.817. The molecule has 118 valence electrons. The van der Waals surface area contributed by atoms with Gasteiger partial charge in [-0.15, -0.1) is 0 Å². The molecule has 1 aliphatic heterocycles. The largest absolute Gasteiger partial charge is 0.469 e. The van der Waals surface area contributed by atoms with E-state index in [4.69, 9.17) is 9.84 Å². The van der Waals surface area contributed by atoms with E-state index in [9.17, 15) is 13.2 Å². The van der Waals surface area contributed by atoms with E-state index in [1.54, 1.807) is 6.92 Å². The first-order valence-corrected chi connectivity index (χ1v) is 7.75. The average molecular weight is 310 g/mol. The van der Waals surface area contributed by atoms with E-state index in [0.717, 1.165) is 4.31 Å². The van der Waals surface area contributed by atoms with Crippen molar-refractivity contribution in [3.63, 3.8) is 0 Å². The van der Waals surface area contributed by atoms with Gasteiger partial charge in [-0.1, -0.05) is 0 Å². The van der Waals surface area contributed by atoms with E-state index in [1.807, 2.05) is 0 Å². The molecule has 9 heteroatoms. The molecule has 8 nitrogen and oxygen atoms in total. The highest BCUT2D eigenvalue weighted by Crippen LogP contribution is 2.16. The monoisotopic (exact) mass is 310 g/mol. The van der Waals surface area contributed by atoms with E-state index < -0.39 is 22.3 Å². The second-order valence-corrected chi connectivity index (χ2v) is 6.76. The summed E-state index contributed by atoms with van der Waals surface area (Å²) in [4.78, 5) is 11.1. The molecule has 2 atom stereocenters. The molecule has 20 heavy (non-hydrogen) atoms. The number of morpholine rings is 1. The van der Waals surface area contributed by atoms with Crippen LogP contribution in [-0.2, 0) is 24.5 Å². The lowest BCUT2D eigenvalue weighted by Crippen LogP contribution is -2.53. The predicted octanol–water partition coefficient (Wildman–Crippen LogP) is -1.19. The topological polar surface area (TPSA) is 96.4 Å². The first kappa shape index (κ1) is 17.3. The maximum Gasteiger partial charge on any atom is 0.306 e. The molecule has 1 saturated heterocycles. The molecule has 2 unspecified atom stereocenters. The number of hydrogen-bond acceptors (Lipinski definition) is 6. The molecule has 1 fully saturated rings. The second-order valence-electron chi connectivity index (χ2n) is 4.72. The Labute approximate surface area is 119 Å². The Bertz CT molecular complexity index is 427. The second kappa shape index (κ2) is 7.32. The first-order chi connectivity index (χ1) is 9.31. The van der Waals surface area contributed by atoms with E-state index in [2.05, 4.69) is 4.74 Å². The van der Waals surface area contributed by atoms with Gasteiger partial charge >= 0.3 is 5.97 Å². The van der Waals surface area contributed by atoms with Crippen molar-refractivity contribution < 1.29 is 27.8 Å². The molecule has 0 spiro atoms. The molecule has 0 aromatic heterocycles. The van der Waals surface area contributed by atoms with Gasteiger partial charge in [0.05, 0.1) is 32.3 Å². The lowest BCUT2D eigenvalue weighted by atomic mass is 10.2. The summed E-state index contributed by atoms with van der Waals surface area (Å²) >= 11 is 0. The Morgan fingerprint density at radius 3 is 2.70 bits per heavy atom. The fraction of sp³-hybridized carbons (Fsp3) is 0.909. The van der Waals surface area contributed by atoms with Crippen LogP contribution in [0.3, 0.4) is 0 Å². The maximum atomic E-state index is 12.4. The Hall–Kier alpha value is -0.740. The highest BCUT2D eigenvalue weighted by atomic mass is 32.2. The normalized spacial score (nSPS) is 24.9. The van der Waals surface area contributed by atoms with Crippen LogP contribution in [0, 0.1) is 0 Å². The Morgan fingerprint density at radius 1 is 1.50 bits per heavy atom. The zero-order valence-corrected chi connectivity index (χ0v) is 12.8. The van der Waals surface area contributed by atoms with Gasteiger partial charge in [-0.05, 0) is 6.92 Å². The summed E-state index contributed by atoms with van der Waals surface area (Å²) in [6.45, 7) is 1.89. The van der Waals surface area contributed by atoms with Crippen molar-refractivity contribution in [2.45, 2.75) is 25.6 Å². The van der Waals surface area contributed by atoms with Gasteiger partial charge in [-0.25, -0.2) is 0 Å². The van der Waals surface area contributed by atoms with Crippen LogP contribution in [0.1, 0.15) is 13.3 Å². The van der Waals surface area contributed by atoms with Crippen LogP contribution in [0.4, 0.5) is 0 Å². The molecule has 0 saturated carbocycles. The first-order valence-electron chi connectivity index (χ1n) is 6.35. The fourth-order valence-electron chi connectivity index (χ4n) is 1.96. The van der Waals surface area contributed by atoms with Crippen molar-refractivity contribution >= 4 is 16.2 Å². The van der Waals surface area contributed by atoms with E-state index >= 15 is 0 Å². The van der Waals surface area contributed by atoms with Gasteiger partial charge in [-0.2, -0.15) is 17.0 Å². The van der Waals surface area contributed by atoms with Crippen LogP contribution >= 0.6 is 0 Å². The number of ether oxygens (including phenoxy) is 2. The number of hydrogen-bond donors (Lipinski definition) is 1. The van der Waals surface area contributed by atoms with E-state index in [-0.39, 0.29) is 38.8 Å². The standard InChI is InChI=1S/C11H22N2O6S/c1-9-6-13(7-10(8-14)19-9)20(16,17)12(2)5-4-11(15)18-3/h9-10,14H,4-8H2,1-3H3.